The number of anilines is 1. The summed E-state index contributed by atoms with van der Waals surface area (Å²) in [5, 5.41) is 0.682. The van der Waals surface area contributed by atoms with Crippen molar-refractivity contribution in [2.75, 3.05) is 4.90 Å². The predicted molar refractivity (Wildman–Crippen MR) is 123 cm³/mol. The van der Waals surface area contributed by atoms with Gasteiger partial charge >= 0.3 is 0 Å². The molecule has 3 aromatic carbocycles. The summed E-state index contributed by atoms with van der Waals surface area (Å²) in [4.78, 5) is 16.3. The zero-order valence-corrected chi connectivity index (χ0v) is 17.8. The van der Waals surface area contributed by atoms with Gasteiger partial charge in [0.1, 0.15) is 0 Å². The average molecular weight is 416 g/mol. The minimum absolute atomic E-state index is 0.236. The average Bonchev–Trinajstić information content (AvgIpc) is 3.38. The second-order valence-corrected chi connectivity index (χ2v) is 9.09. The summed E-state index contributed by atoms with van der Waals surface area (Å²) < 4.78 is 0. The zero-order chi connectivity index (χ0) is 20.6. The highest BCUT2D eigenvalue weighted by molar-refractivity contribution is 6.31. The van der Waals surface area contributed by atoms with Crippen molar-refractivity contribution in [2.24, 2.45) is 5.92 Å². The lowest BCUT2D eigenvalue weighted by Gasteiger charge is -2.35. The minimum Gasteiger partial charge on any atom is -0.307 e. The third-order valence-corrected chi connectivity index (χ3v) is 7.15. The van der Waals surface area contributed by atoms with Gasteiger partial charge in [0.25, 0.3) is 0 Å². The highest BCUT2D eigenvalue weighted by atomic mass is 35.5. The van der Waals surface area contributed by atoms with E-state index in [-0.39, 0.29) is 5.91 Å². The Balaban J connectivity index is 1.65. The van der Waals surface area contributed by atoms with Gasteiger partial charge < -0.3 is 4.90 Å². The summed E-state index contributed by atoms with van der Waals surface area (Å²) in [6.07, 6.45) is 5.38. The summed E-state index contributed by atoms with van der Waals surface area (Å²) in [6, 6.07) is 26.8. The van der Waals surface area contributed by atoms with Crippen LogP contribution < -0.4 is 4.90 Å². The van der Waals surface area contributed by atoms with Gasteiger partial charge in [0.2, 0.25) is 5.91 Å². The van der Waals surface area contributed by atoms with Crippen LogP contribution in [0.4, 0.5) is 5.69 Å². The minimum atomic E-state index is -0.507. The Bertz CT molecular complexity index is 1040. The van der Waals surface area contributed by atoms with Crippen molar-refractivity contribution >= 4 is 23.2 Å². The first kappa shape index (κ1) is 19.4. The molecule has 30 heavy (non-hydrogen) atoms. The van der Waals surface area contributed by atoms with Crippen molar-refractivity contribution in [3.63, 3.8) is 0 Å². The zero-order valence-electron chi connectivity index (χ0n) is 17.1. The summed E-state index contributed by atoms with van der Waals surface area (Å²) >= 11 is 6.41. The second-order valence-electron chi connectivity index (χ2n) is 8.65. The first-order chi connectivity index (χ1) is 14.7. The number of amides is 1. The number of carbonyl (C=O) groups excluding carboxylic acids is 1. The van der Waals surface area contributed by atoms with Crippen molar-refractivity contribution in [3.8, 4) is 0 Å². The second kappa shape index (κ2) is 7.92. The van der Waals surface area contributed by atoms with Crippen LogP contribution in [0, 0.1) is 5.92 Å². The Kier molecular flexibility index (Phi) is 5.12. The number of carbonyl (C=O) groups is 1. The van der Waals surface area contributed by atoms with Crippen LogP contribution in [0.2, 0.25) is 5.02 Å². The lowest BCUT2D eigenvalue weighted by Crippen LogP contribution is -2.46. The molecule has 0 spiro atoms. The highest BCUT2D eigenvalue weighted by Gasteiger charge is 2.55. The molecule has 1 aliphatic heterocycles. The molecule has 1 saturated carbocycles. The molecule has 2 aliphatic rings. The smallest absolute Gasteiger partial charge is 0.238 e. The Hall–Kier alpha value is -2.58. The molecular formula is C27H26ClNO. The number of benzene rings is 3. The third-order valence-electron chi connectivity index (χ3n) is 6.92. The first-order valence-electron chi connectivity index (χ1n) is 10.9. The van der Waals surface area contributed by atoms with Crippen molar-refractivity contribution < 1.29 is 4.79 Å². The number of halogens is 1. The van der Waals surface area contributed by atoms with Crippen molar-refractivity contribution in [1.82, 2.24) is 0 Å². The van der Waals surface area contributed by atoms with Crippen molar-refractivity contribution in [3.05, 3.63) is 101 Å². The van der Waals surface area contributed by atoms with Gasteiger partial charge in [-0.15, -0.1) is 0 Å². The topological polar surface area (TPSA) is 20.3 Å². The van der Waals surface area contributed by atoms with E-state index >= 15 is 0 Å². The molecule has 1 fully saturated rings. The quantitative estimate of drug-likeness (QED) is 0.462. The molecule has 1 unspecified atom stereocenters. The molecule has 5 rings (SSSR count). The van der Waals surface area contributed by atoms with E-state index in [0.29, 0.717) is 17.5 Å². The van der Waals surface area contributed by atoms with Crippen LogP contribution in [-0.2, 0) is 23.2 Å². The molecule has 0 bridgehead atoms. The Morgan fingerprint density at radius 1 is 0.867 bits per heavy atom. The van der Waals surface area contributed by atoms with Crippen molar-refractivity contribution in [1.29, 1.82) is 0 Å². The van der Waals surface area contributed by atoms with Crippen LogP contribution in [0.1, 0.15) is 42.4 Å². The SMILES string of the molecule is O=C1N(Cc2ccccc2)c2cc(Cl)ccc2C1(Cc1ccccc1)C1CCCC1. The molecule has 0 N–H and O–H groups in total. The molecule has 1 atom stereocenters. The summed E-state index contributed by atoms with van der Waals surface area (Å²) in [5.41, 5.74) is 3.99. The van der Waals surface area contributed by atoms with Crippen LogP contribution in [0.3, 0.4) is 0 Å². The van der Waals surface area contributed by atoms with E-state index in [0.717, 1.165) is 36.1 Å². The predicted octanol–water partition coefficient (Wildman–Crippen LogP) is 6.56. The third kappa shape index (κ3) is 3.24. The van der Waals surface area contributed by atoms with E-state index in [2.05, 4.69) is 42.5 Å². The standard InChI is InChI=1S/C27H26ClNO/c28-23-15-16-24-25(17-23)29(19-21-11-5-2-6-12-21)26(30)27(24,22-13-7-8-14-22)18-20-9-3-1-4-10-20/h1-6,9-12,15-17,22H,7-8,13-14,18-19H2. The van der Waals surface area contributed by atoms with Crippen LogP contribution in [0.5, 0.6) is 0 Å². The molecule has 2 nitrogen and oxygen atoms in total. The van der Waals surface area contributed by atoms with Crippen LogP contribution in [0.25, 0.3) is 0 Å². The van der Waals surface area contributed by atoms with Crippen LogP contribution in [-0.4, -0.2) is 5.91 Å². The van der Waals surface area contributed by atoms with E-state index in [1.54, 1.807) is 0 Å². The summed E-state index contributed by atoms with van der Waals surface area (Å²) in [6.45, 7) is 0.580. The van der Waals surface area contributed by atoms with Crippen LogP contribution >= 0.6 is 11.6 Å². The van der Waals surface area contributed by atoms with E-state index in [9.17, 15) is 4.79 Å². The molecule has 3 heteroatoms. The van der Waals surface area contributed by atoms with Gasteiger partial charge in [0.15, 0.2) is 0 Å². The lowest BCUT2D eigenvalue weighted by molar-refractivity contribution is -0.125. The first-order valence-corrected chi connectivity index (χ1v) is 11.3. The van der Waals surface area contributed by atoms with E-state index in [1.807, 2.05) is 41.3 Å². The maximum Gasteiger partial charge on any atom is 0.238 e. The normalized spacial score (nSPS) is 21.2. The largest absolute Gasteiger partial charge is 0.307 e. The molecular weight excluding hydrogens is 390 g/mol. The molecule has 1 amide bonds. The Morgan fingerprint density at radius 2 is 1.50 bits per heavy atom. The summed E-state index contributed by atoms with van der Waals surface area (Å²) in [5.74, 6) is 0.602. The fourth-order valence-corrected chi connectivity index (χ4v) is 5.71. The number of fused-ring (bicyclic) bond motifs is 1. The van der Waals surface area contributed by atoms with Gasteiger partial charge in [-0.25, -0.2) is 0 Å². The lowest BCUT2D eigenvalue weighted by atomic mass is 9.66. The fourth-order valence-electron chi connectivity index (χ4n) is 5.54. The molecule has 0 radical (unpaired) electrons. The van der Waals surface area contributed by atoms with Gasteiger partial charge in [-0.3, -0.25) is 4.79 Å². The maximum absolute atomic E-state index is 14.3. The van der Waals surface area contributed by atoms with Gasteiger partial charge in [0, 0.05) is 10.7 Å². The van der Waals surface area contributed by atoms with E-state index < -0.39 is 5.41 Å². The molecule has 1 heterocycles. The van der Waals surface area contributed by atoms with Crippen LogP contribution in [0.15, 0.2) is 78.9 Å². The van der Waals surface area contributed by atoms with Gasteiger partial charge in [0.05, 0.1) is 12.0 Å². The number of hydrogen-bond acceptors (Lipinski definition) is 1. The molecule has 0 aromatic heterocycles. The van der Waals surface area contributed by atoms with E-state index in [1.165, 1.54) is 18.4 Å². The Labute approximate surface area is 183 Å². The number of hydrogen-bond donors (Lipinski definition) is 0. The van der Waals surface area contributed by atoms with Crippen molar-refractivity contribution in [2.45, 2.75) is 44.1 Å². The summed E-state index contributed by atoms with van der Waals surface area (Å²) in [7, 11) is 0. The molecule has 152 valence electrons. The maximum atomic E-state index is 14.3. The Morgan fingerprint density at radius 3 is 2.17 bits per heavy atom. The van der Waals surface area contributed by atoms with Gasteiger partial charge in [-0.2, -0.15) is 0 Å². The molecule has 0 saturated heterocycles. The van der Waals surface area contributed by atoms with E-state index in [4.69, 9.17) is 11.6 Å². The monoisotopic (exact) mass is 415 g/mol. The number of rotatable bonds is 5. The highest BCUT2D eigenvalue weighted by Crippen LogP contribution is 2.53. The molecule has 1 aliphatic carbocycles. The molecule has 3 aromatic rings. The number of nitrogens with zero attached hydrogens (tertiary/aromatic N) is 1. The fraction of sp³-hybridized carbons (Fsp3) is 0.296. The van der Waals surface area contributed by atoms with Gasteiger partial charge in [-0.1, -0.05) is 91.2 Å². The van der Waals surface area contributed by atoms with Gasteiger partial charge in [-0.05, 0) is 54.0 Å².